The van der Waals surface area contributed by atoms with Gasteiger partial charge in [-0.3, -0.25) is 4.90 Å². The monoisotopic (exact) mass is 278 g/mol. The van der Waals surface area contributed by atoms with Crippen molar-refractivity contribution in [1.82, 2.24) is 4.90 Å². The Balaban J connectivity index is 1.62. The minimum atomic E-state index is 0.414. The Labute approximate surface area is 121 Å². The maximum Gasteiger partial charge on any atom is 0.0245 e. The van der Waals surface area contributed by atoms with Gasteiger partial charge in [0.05, 0.1) is 0 Å². The standard InChI is InChI=1S/C16H26N2S/c1-16(2)6-3-14(17)13(9-16)11-18-7-4-15-12(10-18)5-8-19-15/h5,8,13-14H,3-4,6-7,9-11,17H2,1-2H3. The molecule has 1 aromatic rings. The highest BCUT2D eigenvalue weighted by atomic mass is 32.1. The summed E-state index contributed by atoms with van der Waals surface area (Å²) >= 11 is 1.92. The molecule has 1 aliphatic carbocycles. The van der Waals surface area contributed by atoms with Crippen molar-refractivity contribution >= 4 is 11.3 Å². The first kappa shape index (κ1) is 13.6. The van der Waals surface area contributed by atoms with Crippen LogP contribution in [0.5, 0.6) is 0 Å². The summed E-state index contributed by atoms with van der Waals surface area (Å²) in [7, 11) is 0. The summed E-state index contributed by atoms with van der Waals surface area (Å²) in [6.07, 6.45) is 5.02. The molecule has 2 heterocycles. The van der Waals surface area contributed by atoms with Crippen LogP contribution in [-0.2, 0) is 13.0 Å². The summed E-state index contributed by atoms with van der Waals surface area (Å²) in [5, 5.41) is 2.24. The van der Waals surface area contributed by atoms with Crippen molar-refractivity contribution < 1.29 is 0 Å². The van der Waals surface area contributed by atoms with Gasteiger partial charge in [0.1, 0.15) is 0 Å². The molecule has 2 N–H and O–H groups in total. The zero-order valence-corrected chi connectivity index (χ0v) is 13.0. The molecule has 0 radical (unpaired) electrons. The fourth-order valence-electron chi connectivity index (χ4n) is 3.75. The third kappa shape index (κ3) is 3.04. The topological polar surface area (TPSA) is 29.3 Å². The Morgan fingerprint density at radius 1 is 1.47 bits per heavy atom. The molecule has 2 nitrogen and oxygen atoms in total. The predicted octanol–water partition coefficient (Wildman–Crippen LogP) is 3.26. The largest absolute Gasteiger partial charge is 0.327 e. The number of fused-ring (bicyclic) bond motifs is 1. The minimum Gasteiger partial charge on any atom is -0.327 e. The Bertz CT molecular complexity index is 438. The summed E-state index contributed by atoms with van der Waals surface area (Å²) in [6, 6.07) is 2.72. The van der Waals surface area contributed by atoms with Gasteiger partial charge < -0.3 is 5.73 Å². The van der Waals surface area contributed by atoms with Crippen LogP contribution in [0.2, 0.25) is 0 Å². The molecular weight excluding hydrogens is 252 g/mol. The zero-order chi connectivity index (χ0) is 13.5. The van der Waals surface area contributed by atoms with Gasteiger partial charge in [0, 0.05) is 30.6 Å². The summed E-state index contributed by atoms with van der Waals surface area (Å²) in [5.41, 5.74) is 8.41. The highest BCUT2D eigenvalue weighted by Crippen LogP contribution is 2.38. The average molecular weight is 278 g/mol. The quantitative estimate of drug-likeness (QED) is 0.899. The van der Waals surface area contributed by atoms with Crippen LogP contribution in [0, 0.1) is 11.3 Å². The highest BCUT2D eigenvalue weighted by Gasteiger charge is 2.34. The third-order valence-corrected chi connectivity index (χ3v) is 5.98. The van der Waals surface area contributed by atoms with E-state index < -0.39 is 0 Å². The Morgan fingerprint density at radius 2 is 2.32 bits per heavy atom. The normalized spacial score (nSPS) is 31.1. The van der Waals surface area contributed by atoms with Gasteiger partial charge in [-0.1, -0.05) is 13.8 Å². The van der Waals surface area contributed by atoms with Crippen molar-refractivity contribution in [2.45, 2.75) is 52.1 Å². The Kier molecular flexibility index (Phi) is 3.71. The summed E-state index contributed by atoms with van der Waals surface area (Å²) in [4.78, 5) is 4.23. The minimum absolute atomic E-state index is 0.414. The van der Waals surface area contributed by atoms with E-state index in [0.717, 1.165) is 6.54 Å². The Morgan fingerprint density at radius 3 is 3.16 bits per heavy atom. The molecule has 19 heavy (non-hydrogen) atoms. The van der Waals surface area contributed by atoms with Crippen LogP contribution in [0.1, 0.15) is 43.6 Å². The molecule has 0 aromatic carbocycles. The van der Waals surface area contributed by atoms with Gasteiger partial charge in [0.15, 0.2) is 0 Å². The van der Waals surface area contributed by atoms with E-state index in [4.69, 9.17) is 5.73 Å². The predicted molar refractivity (Wildman–Crippen MR) is 82.4 cm³/mol. The van der Waals surface area contributed by atoms with Gasteiger partial charge in [-0.15, -0.1) is 11.3 Å². The van der Waals surface area contributed by atoms with E-state index in [2.05, 4.69) is 30.2 Å². The first-order valence-corrected chi connectivity index (χ1v) is 8.45. The van der Waals surface area contributed by atoms with Crippen LogP contribution in [0.25, 0.3) is 0 Å². The van der Waals surface area contributed by atoms with Crippen LogP contribution in [0.3, 0.4) is 0 Å². The molecule has 2 atom stereocenters. The van der Waals surface area contributed by atoms with Gasteiger partial charge in [-0.2, -0.15) is 0 Å². The van der Waals surface area contributed by atoms with E-state index in [1.54, 1.807) is 10.4 Å². The molecule has 2 aliphatic rings. The van der Waals surface area contributed by atoms with Crippen molar-refractivity contribution in [3.05, 3.63) is 21.9 Å². The molecule has 0 bridgehead atoms. The van der Waals surface area contributed by atoms with E-state index in [1.165, 1.54) is 38.8 Å². The molecule has 1 saturated carbocycles. The fourth-order valence-corrected chi connectivity index (χ4v) is 4.64. The lowest BCUT2D eigenvalue weighted by Gasteiger charge is -2.42. The zero-order valence-electron chi connectivity index (χ0n) is 12.2. The summed E-state index contributed by atoms with van der Waals surface area (Å²) in [5.74, 6) is 0.684. The van der Waals surface area contributed by atoms with Gasteiger partial charge >= 0.3 is 0 Å². The van der Waals surface area contributed by atoms with Crippen LogP contribution in [0.15, 0.2) is 11.4 Å². The third-order valence-electron chi connectivity index (χ3n) is 4.95. The smallest absolute Gasteiger partial charge is 0.0245 e. The lowest BCUT2D eigenvalue weighted by atomic mass is 9.70. The van der Waals surface area contributed by atoms with Gasteiger partial charge in [-0.05, 0) is 54.0 Å². The lowest BCUT2D eigenvalue weighted by molar-refractivity contribution is 0.109. The molecule has 0 saturated heterocycles. The first-order chi connectivity index (χ1) is 9.03. The van der Waals surface area contributed by atoms with Crippen molar-refractivity contribution in [2.24, 2.45) is 17.1 Å². The highest BCUT2D eigenvalue weighted by molar-refractivity contribution is 7.10. The number of nitrogens with two attached hydrogens (primary N) is 1. The molecule has 0 spiro atoms. The Hall–Kier alpha value is -0.380. The molecule has 3 rings (SSSR count). The van der Waals surface area contributed by atoms with E-state index in [1.807, 2.05) is 11.3 Å². The van der Waals surface area contributed by atoms with Crippen molar-refractivity contribution in [2.75, 3.05) is 13.1 Å². The average Bonchev–Trinajstić information content (AvgIpc) is 2.81. The van der Waals surface area contributed by atoms with Crippen LogP contribution >= 0.6 is 11.3 Å². The number of hydrogen-bond donors (Lipinski definition) is 1. The van der Waals surface area contributed by atoms with Crippen LogP contribution in [-0.4, -0.2) is 24.0 Å². The second kappa shape index (κ2) is 5.19. The molecule has 1 aromatic heterocycles. The molecule has 106 valence electrons. The number of nitrogens with zero attached hydrogens (tertiary/aromatic N) is 1. The molecule has 3 heteroatoms. The molecule has 0 amide bonds. The maximum absolute atomic E-state index is 6.37. The second-order valence-corrected chi connectivity index (χ2v) is 8.19. The lowest BCUT2D eigenvalue weighted by Crippen LogP contribution is -2.46. The number of hydrogen-bond acceptors (Lipinski definition) is 3. The van der Waals surface area contributed by atoms with E-state index in [-0.39, 0.29) is 0 Å². The van der Waals surface area contributed by atoms with Gasteiger partial charge in [0.2, 0.25) is 0 Å². The van der Waals surface area contributed by atoms with Crippen LogP contribution in [0.4, 0.5) is 0 Å². The molecule has 1 fully saturated rings. The molecular formula is C16H26N2S. The van der Waals surface area contributed by atoms with Gasteiger partial charge in [0.25, 0.3) is 0 Å². The molecule has 2 unspecified atom stereocenters. The summed E-state index contributed by atoms with van der Waals surface area (Å²) < 4.78 is 0. The maximum atomic E-state index is 6.37. The van der Waals surface area contributed by atoms with Crippen molar-refractivity contribution in [3.63, 3.8) is 0 Å². The van der Waals surface area contributed by atoms with Crippen molar-refractivity contribution in [3.8, 4) is 0 Å². The number of rotatable bonds is 2. The van der Waals surface area contributed by atoms with Crippen molar-refractivity contribution in [1.29, 1.82) is 0 Å². The second-order valence-electron chi connectivity index (χ2n) is 7.19. The van der Waals surface area contributed by atoms with Crippen LogP contribution < -0.4 is 5.73 Å². The number of thiophene rings is 1. The SMILES string of the molecule is CC1(C)CCC(N)C(CN2CCc3sccc3C2)C1. The van der Waals surface area contributed by atoms with E-state index >= 15 is 0 Å². The molecule has 1 aliphatic heterocycles. The first-order valence-electron chi connectivity index (χ1n) is 7.57. The fraction of sp³-hybridized carbons (Fsp3) is 0.750. The van der Waals surface area contributed by atoms with E-state index in [0.29, 0.717) is 17.4 Å². The van der Waals surface area contributed by atoms with E-state index in [9.17, 15) is 0 Å². The van der Waals surface area contributed by atoms with Gasteiger partial charge in [-0.25, -0.2) is 0 Å². The summed E-state index contributed by atoms with van der Waals surface area (Å²) in [6.45, 7) is 8.36.